The maximum absolute atomic E-state index is 11.8. The number of hydrogen-bond acceptors (Lipinski definition) is 6. The molecule has 0 unspecified atom stereocenters. The van der Waals surface area contributed by atoms with Crippen LogP contribution < -0.4 is 24.8 Å². The first kappa shape index (κ1) is 25.9. The van der Waals surface area contributed by atoms with Crippen molar-refractivity contribution >= 4 is 36.0 Å². The molecule has 0 spiro atoms. The number of nitrogens with one attached hydrogen (secondary N) is 2. The third-order valence-corrected chi connectivity index (χ3v) is 4.82. The van der Waals surface area contributed by atoms with Gasteiger partial charge in [-0.05, 0) is 31.9 Å². The van der Waals surface area contributed by atoms with E-state index in [9.17, 15) is 4.79 Å². The molecule has 0 saturated carbocycles. The second kappa shape index (κ2) is 13.2. The van der Waals surface area contributed by atoms with E-state index in [1.165, 1.54) is 0 Å². The zero-order valence-electron chi connectivity index (χ0n) is 18.3. The highest BCUT2D eigenvalue weighted by molar-refractivity contribution is 14.0. The largest absolute Gasteiger partial charge is 0.493 e. The van der Waals surface area contributed by atoms with Crippen LogP contribution in [0.15, 0.2) is 17.1 Å². The molecule has 30 heavy (non-hydrogen) atoms. The maximum atomic E-state index is 11.8. The fourth-order valence-corrected chi connectivity index (χ4v) is 3.29. The first-order valence-electron chi connectivity index (χ1n) is 9.74. The minimum absolute atomic E-state index is 0. The number of likely N-dealkylation sites (tertiary alicyclic amines) is 1. The molecule has 0 aromatic heterocycles. The molecule has 1 aromatic rings. The number of halogens is 1. The van der Waals surface area contributed by atoms with Crippen LogP contribution in [0.2, 0.25) is 0 Å². The molecular formula is C20H33IN4O5. The van der Waals surface area contributed by atoms with E-state index >= 15 is 0 Å². The van der Waals surface area contributed by atoms with Crippen molar-refractivity contribution < 1.29 is 23.7 Å². The Morgan fingerprint density at radius 1 is 1.13 bits per heavy atom. The summed E-state index contributed by atoms with van der Waals surface area (Å²) in [6.07, 6.45) is 1.42. The smallest absolute Gasteiger partial charge is 0.409 e. The van der Waals surface area contributed by atoms with Gasteiger partial charge in [-0.2, -0.15) is 0 Å². The third kappa shape index (κ3) is 6.71. The van der Waals surface area contributed by atoms with Crippen molar-refractivity contribution in [1.82, 2.24) is 15.5 Å². The molecule has 1 aliphatic rings. The summed E-state index contributed by atoms with van der Waals surface area (Å²) in [6, 6.07) is 4.01. The Balaban J connectivity index is 0.00000450. The zero-order valence-corrected chi connectivity index (χ0v) is 20.6. The lowest BCUT2D eigenvalue weighted by Gasteiger charge is -2.32. The van der Waals surface area contributed by atoms with Crippen LogP contribution in [-0.2, 0) is 11.3 Å². The van der Waals surface area contributed by atoms with E-state index in [-0.39, 0.29) is 36.1 Å². The summed E-state index contributed by atoms with van der Waals surface area (Å²) < 4.78 is 21.3. The molecule has 10 heteroatoms. The Labute approximate surface area is 195 Å². The average Bonchev–Trinajstić information content (AvgIpc) is 2.76. The molecule has 0 radical (unpaired) electrons. The number of carbonyl (C=O) groups is 1. The molecule has 1 aromatic carbocycles. The van der Waals surface area contributed by atoms with Gasteiger partial charge in [-0.1, -0.05) is 0 Å². The number of piperidine rings is 1. The average molecular weight is 536 g/mol. The molecule has 1 heterocycles. The normalized spacial score (nSPS) is 14.4. The van der Waals surface area contributed by atoms with Crippen LogP contribution in [0.1, 0.15) is 25.3 Å². The van der Waals surface area contributed by atoms with Gasteiger partial charge in [0.1, 0.15) is 0 Å². The van der Waals surface area contributed by atoms with Crippen LogP contribution in [0.25, 0.3) is 0 Å². The second-order valence-corrected chi connectivity index (χ2v) is 6.52. The number of amides is 1. The van der Waals surface area contributed by atoms with E-state index in [1.807, 2.05) is 19.1 Å². The van der Waals surface area contributed by atoms with E-state index < -0.39 is 0 Å². The quantitative estimate of drug-likeness (QED) is 0.315. The van der Waals surface area contributed by atoms with Gasteiger partial charge in [0.25, 0.3) is 0 Å². The number of carbonyl (C=O) groups excluding carboxylic acids is 1. The molecule has 170 valence electrons. The summed E-state index contributed by atoms with van der Waals surface area (Å²) in [6.45, 7) is 4.04. The predicted octanol–water partition coefficient (Wildman–Crippen LogP) is 2.62. The summed E-state index contributed by atoms with van der Waals surface area (Å²) in [5.74, 6) is 2.49. The highest BCUT2D eigenvalue weighted by atomic mass is 127. The van der Waals surface area contributed by atoms with Gasteiger partial charge in [0.15, 0.2) is 17.5 Å². The van der Waals surface area contributed by atoms with Crippen molar-refractivity contribution in [2.75, 3.05) is 48.1 Å². The first-order valence-corrected chi connectivity index (χ1v) is 9.74. The van der Waals surface area contributed by atoms with Crippen LogP contribution in [-0.4, -0.2) is 71.1 Å². The second-order valence-electron chi connectivity index (χ2n) is 6.52. The summed E-state index contributed by atoms with van der Waals surface area (Å²) in [5, 5.41) is 6.73. The summed E-state index contributed by atoms with van der Waals surface area (Å²) >= 11 is 0. The Hall–Kier alpha value is -2.11. The van der Waals surface area contributed by atoms with Gasteiger partial charge < -0.3 is 34.5 Å². The van der Waals surface area contributed by atoms with E-state index in [4.69, 9.17) is 18.9 Å². The van der Waals surface area contributed by atoms with Crippen LogP contribution in [0.5, 0.6) is 17.2 Å². The lowest BCUT2D eigenvalue weighted by atomic mass is 10.1. The Morgan fingerprint density at radius 2 is 1.80 bits per heavy atom. The number of guanidine groups is 1. The number of ether oxygens (including phenoxy) is 4. The number of rotatable bonds is 7. The van der Waals surface area contributed by atoms with Gasteiger partial charge in [-0.15, -0.1) is 24.0 Å². The Bertz CT molecular complexity index is 709. The highest BCUT2D eigenvalue weighted by Crippen LogP contribution is 2.39. The molecule has 0 bridgehead atoms. The van der Waals surface area contributed by atoms with Crippen LogP contribution >= 0.6 is 24.0 Å². The first-order chi connectivity index (χ1) is 14.1. The fraction of sp³-hybridized carbons (Fsp3) is 0.600. The summed E-state index contributed by atoms with van der Waals surface area (Å²) in [4.78, 5) is 17.9. The van der Waals surface area contributed by atoms with Gasteiger partial charge in [-0.3, -0.25) is 4.99 Å². The van der Waals surface area contributed by atoms with Crippen molar-refractivity contribution in [3.05, 3.63) is 17.7 Å². The number of methoxy groups -OCH3 is 3. The van der Waals surface area contributed by atoms with Crippen molar-refractivity contribution in [3.63, 3.8) is 0 Å². The van der Waals surface area contributed by atoms with E-state index in [1.54, 1.807) is 33.3 Å². The van der Waals surface area contributed by atoms with Gasteiger partial charge in [0.05, 0.1) is 27.9 Å². The Morgan fingerprint density at radius 3 is 2.33 bits per heavy atom. The third-order valence-electron chi connectivity index (χ3n) is 4.82. The molecule has 0 aliphatic carbocycles. The number of hydrogen-bond donors (Lipinski definition) is 2. The Kier molecular flexibility index (Phi) is 11.4. The molecular weight excluding hydrogens is 503 g/mol. The molecule has 2 N–H and O–H groups in total. The van der Waals surface area contributed by atoms with Crippen molar-refractivity contribution in [1.29, 1.82) is 0 Å². The van der Waals surface area contributed by atoms with Crippen molar-refractivity contribution in [3.8, 4) is 17.2 Å². The maximum Gasteiger partial charge on any atom is 0.409 e. The monoisotopic (exact) mass is 536 g/mol. The van der Waals surface area contributed by atoms with E-state index in [0.717, 1.165) is 18.4 Å². The van der Waals surface area contributed by atoms with E-state index in [2.05, 4.69) is 15.6 Å². The summed E-state index contributed by atoms with van der Waals surface area (Å²) in [7, 11) is 6.51. The van der Waals surface area contributed by atoms with Crippen LogP contribution in [0, 0.1) is 0 Å². The minimum Gasteiger partial charge on any atom is -0.493 e. The molecule has 1 aliphatic heterocycles. The van der Waals surface area contributed by atoms with Crippen LogP contribution in [0.4, 0.5) is 4.79 Å². The molecule has 0 atom stereocenters. The molecule has 1 saturated heterocycles. The van der Waals surface area contributed by atoms with Crippen LogP contribution in [0.3, 0.4) is 0 Å². The molecule has 2 rings (SSSR count). The SMILES string of the molecule is CCOC(=O)N1CCC(NC(=NC)NCc2ccc(OC)c(OC)c2OC)CC1.I. The van der Waals surface area contributed by atoms with Gasteiger partial charge in [0.2, 0.25) is 5.75 Å². The lowest BCUT2D eigenvalue weighted by molar-refractivity contribution is 0.0963. The topological polar surface area (TPSA) is 93.7 Å². The molecule has 1 fully saturated rings. The lowest BCUT2D eigenvalue weighted by Crippen LogP contribution is -2.49. The van der Waals surface area contributed by atoms with E-state index in [0.29, 0.717) is 49.4 Å². The fourth-order valence-electron chi connectivity index (χ4n) is 3.29. The van der Waals surface area contributed by atoms with Crippen molar-refractivity contribution in [2.24, 2.45) is 4.99 Å². The number of aliphatic imine (C=N–C) groups is 1. The molecule has 9 nitrogen and oxygen atoms in total. The standard InChI is InChI=1S/C20H32N4O5.HI/c1-6-29-20(25)24-11-9-15(10-12-24)23-19(21-2)22-13-14-7-8-16(26-3)18(28-5)17(14)27-4;/h7-8,15H,6,9-13H2,1-5H3,(H2,21,22,23);1H. The molecule has 1 amide bonds. The number of nitrogens with zero attached hydrogens (tertiary/aromatic N) is 2. The predicted molar refractivity (Wildman–Crippen MR) is 126 cm³/mol. The van der Waals surface area contributed by atoms with Gasteiger partial charge in [-0.25, -0.2) is 4.79 Å². The zero-order chi connectivity index (χ0) is 21.2. The van der Waals surface area contributed by atoms with Crippen molar-refractivity contribution in [2.45, 2.75) is 32.4 Å². The summed E-state index contributed by atoms with van der Waals surface area (Å²) in [5.41, 5.74) is 0.922. The van der Waals surface area contributed by atoms with Gasteiger partial charge in [0, 0.05) is 38.3 Å². The number of benzene rings is 1. The van der Waals surface area contributed by atoms with Gasteiger partial charge >= 0.3 is 6.09 Å². The minimum atomic E-state index is -0.242. The highest BCUT2D eigenvalue weighted by Gasteiger charge is 2.24.